The van der Waals surface area contributed by atoms with Crippen LogP contribution in [-0.4, -0.2) is 22.2 Å². The molecule has 0 radical (unpaired) electrons. The van der Waals surface area contributed by atoms with Crippen molar-refractivity contribution in [1.29, 1.82) is 0 Å². The lowest BCUT2D eigenvalue weighted by Crippen LogP contribution is -2.74. The fourth-order valence-electron chi connectivity index (χ4n) is 14.5. The Morgan fingerprint density at radius 3 is 1.81 bits per heavy atom. The largest absolute Gasteiger partial charge is 0.458 e. The summed E-state index contributed by atoms with van der Waals surface area (Å²) >= 11 is 0. The van der Waals surface area contributed by atoms with Crippen molar-refractivity contribution in [3.05, 3.63) is 290 Å². The second-order valence-electron chi connectivity index (χ2n) is 27.2. The first kappa shape index (κ1) is 43.1. The number of hydrogen-bond acceptors (Lipinski definition) is 2. The zero-order chi connectivity index (χ0) is 78.9. The summed E-state index contributed by atoms with van der Waals surface area (Å²) in [4.78, 5) is 5.09. The van der Waals surface area contributed by atoms with Crippen molar-refractivity contribution in [2.75, 3.05) is 0 Å². The minimum Gasteiger partial charge on any atom is -0.458 e. The highest BCUT2D eigenvalue weighted by atomic mass is 28.3. The van der Waals surface area contributed by atoms with Crippen LogP contribution in [0.15, 0.2) is 267 Å². The summed E-state index contributed by atoms with van der Waals surface area (Å²) in [6.07, 6.45) is -5.05. The highest BCUT2D eigenvalue weighted by Crippen LogP contribution is 2.57. The average molecular weight is 1250 g/mol. The molecule has 1 saturated carbocycles. The first-order chi connectivity index (χ1) is 52.5. The standard InChI is InChI=1S/C88H80N4OSi/c1-85(2,3)59-46-49-89-82(53-59)92-79-45-42-67(94(64-28-14-11-15-29-64,65-30-16-12-17-31-65)66-32-18-13-19-33-66)56-75(79)72-43-41-63(55-81(72)92)93-62-27-24-26-61(54-62)90-57-91-83-74(58-40-44-77-78(50-58)88(9,10)48-47-87(77,7)8)51-60(86(4,5)6)52-76(83)71-37-23-21-35-69(71)68-34-20-22-36-70(68)73-38-25-39-80(90)84(73)91/h11-43,45-46,49-56,77H,44,47-48H2,1-10H3/i7D,8D3,9D3,10D3,40D,44D,47D2,48D2,50D. The quantitative estimate of drug-likeness (QED) is 0.0625. The molecule has 1 aliphatic heterocycles. The molecule has 4 heterocycles. The maximum Gasteiger partial charge on any atom is 0.269 e. The molecule has 3 unspecified atom stereocenters. The molecule has 3 aliphatic rings. The lowest BCUT2D eigenvalue weighted by Gasteiger charge is -2.49. The number of aromatic nitrogens is 4. The van der Waals surface area contributed by atoms with Gasteiger partial charge in [-0.25, -0.2) is 4.98 Å². The van der Waals surface area contributed by atoms with Crippen molar-refractivity contribution >= 4 is 67.2 Å². The molecule has 6 heteroatoms. The van der Waals surface area contributed by atoms with Gasteiger partial charge in [0, 0.05) is 43.6 Å². The van der Waals surface area contributed by atoms with Gasteiger partial charge < -0.3 is 4.74 Å². The summed E-state index contributed by atoms with van der Waals surface area (Å²) in [7, 11) is -3.00. The number of allylic oxidation sites excluding steroid dienone is 4. The SMILES string of the molecule is [2H]CC1(C([2H])([2H])[2H])C2C(=C([2H])C(c3cc(C(C)(C)C)cc4c3-[n+]3[c-]n(-c5cccc(Oc6ccc7c8cc([Si](c9ccccc9)(c9ccccc9)c9ccccc9)ccc8n(-c8cc(C(C)(C)C)ccn8)c7c6)c5)c5cccc(c53)-c3ccccc3-c3ccccc3-4)=C([2H])C2[2H])C(C([2H])([2H])[2H])(C([2H])([2H])[2H])C([2H])([2H])C1([2H])[2H]. The maximum atomic E-state index is 10.7. The van der Waals surface area contributed by atoms with Crippen molar-refractivity contribution in [2.45, 2.75) is 99.0 Å². The lowest BCUT2D eigenvalue weighted by molar-refractivity contribution is -0.571. The van der Waals surface area contributed by atoms with Gasteiger partial charge in [-0.15, -0.1) is 0 Å². The molecule has 10 aromatic carbocycles. The minimum atomic E-state index is -4.22. The van der Waals surface area contributed by atoms with Crippen LogP contribution in [0.1, 0.15) is 128 Å². The Morgan fingerprint density at radius 2 is 1.16 bits per heavy atom. The van der Waals surface area contributed by atoms with Crippen molar-refractivity contribution in [3.8, 4) is 62.1 Å². The normalized spacial score (nSPS) is 22.0. The number of nitrogens with zero attached hydrogens (tertiary/aromatic N) is 4. The Bertz CT molecular complexity index is 5880. The third-order valence-corrected chi connectivity index (χ3v) is 24.0. The second-order valence-corrected chi connectivity index (χ2v) is 31.0. The van der Waals surface area contributed by atoms with E-state index in [4.69, 9.17) is 15.2 Å². The molecule has 0 spiro atoms. The van der Waals surface area contributed by atoms with Gasteiger partial charge in [0.15, 0.2) is 8.07 Å². The summed E-state index contributed by atoms with van der Waals surface area (Å²) in [5.41, 5.74) is -0.476. The minimum absolute atomic E-state index is 0.0117. The van der Waals surface area contributed by atoms with Gasteiger partial charge >= 0.3 is 0 Å². The summed E-state index contributed by atoms with van der Waals surface area (Å²) in [5.74, 6) is -0.834. The van der Waals surface area contributed by atoms with Gasteiger partial charge in [-0.2, -0.15) is 0 Å². The molecule has 1 fully saturated rings. The van der Waals surface area contributed by atoms with Gasteiger partial charge in [-0.3, -0.25) is 13.7 Å². The zero-order valence-electron chi connectivity index (χ0n) is 70.2. The monoisotopic (exact) mass is 1250 g/mol. The average Bonchev–Trinajstić information content (AvgIpc) is 1.22. The van der Waals surface area contributed by atoms with Gasteiger partial charge in [-0.1, -0.05) is 275 Å². The smallest absolute Gasteiger partial charge is 0.269 e. The van der Waals surface area contributed by atoms with E-state index in [9.17, 15) is 17.8 Å². The number of fused-ring (bicyclic) bond motifs is 11. The molecular formula is C88H80N4OSi. The molecular weight excluding hydrogens is 1160 g/mol. The Morgan fingerprint density at radius 1 is 0.543 bits per heavy atom. The molecule has 16 rings (SSSR count). The molecule has 3 aromatic heterocycles. The van der Waals surface area contributed by atoms with Crippen molar-refractivity contribution in [3.63, 3.8) is 0 Å². The molecule has 462 valence electrons. The van der Waals surface area contributed by atoms with Crippen molar-refractivity contribution < 1.29 is 32.6 Å². The number of benzene rings is 10. The lowest BCUT2D eigenvalue weighted by atomic mass is 9.55. The molecule has 2 aliphatic carbocycles. The molecule has 0 N–H and O–H groups in total. The van der Waals surface area contributed by atoms with E-state index in [-0.39, 0.29) is 16.7 Å². The molecule has 13 aromatic rings. The van der Waals surface area contributed by atoms with Gasteiger partial charge in [0.05, 0.1) is 36.2 Å². The number of ether oxygens (including phenoxy) is 1. The van der Waals surface area contributed by atoms with Crippen LogP contribution in [0, 0.1) is 23.1 Å². The fourth-order valence-corrected chi connectivity index (χ4v) is 19.3. The van der Waals surface area contributed by atoms with E-state index in [0.29, 0.717) is 50.5 Å². The van der Waals surface area contributed by atoms with Crippen molar-refractivity contribution in [1.82, 2.24) is 14.1 Å². The maximum absolute atomic E-state index is 10.7. The van der Waals surface area contributed by atoms with E-state index in [1.807, 2.05) is 141 Å². The van der Waals surface area contributed by atoms with Crippen LogP contribution in [0.3, 0.4) is 0 Å². The van der Waals surface area contributed by atoms with Gasteiger partial charge in [0.25, 0.3) is 6.33 Å². The van der Waals surface area contributed by atoms with E-state index in [1.54, 1.807) is 10.6 Å². The Balaban J connectivity index is 0.928. The van der Waals surface area contributed by atoms with E-state index >= 15 is 0 Å². The van der Waals surface area contributed by atoms with E-state index in [0.717, 1.165) is 49.9 Å². The number of para-hydroxylation sites is 1. The molecule has 3 atom stereocenters. The van der Waals surface area contributed by atoms with Crippen LogP contribution in [0.25, 0.3) is 89.0 Å². The van der Waals surface area contributed by atoms with Crippen LogP contribution in [-0.2, 0) is 10.8 Å². The molecule has 94 heavy (non-hydrogen) atoms. The summed E-state index contributed by atoms with van der Waals surface area (Å²) < 4.78 is 175. The molecule has 0 bridgehead atoms. The van der Waals surface area contributed by atoms with Gasteiger partial charge in [0.2, 0.25) is 0 Å². The summed E-state index contributed by atoms with van der Waals surface area (Å²) in [5, 5.41) is 6.95. The van der Waals surface area contributed by atoms with Crippen LogP contribution in [0.5, 0.6) is 11.5 Å². The summed E-state index contributed by atoms with van der Waals surface area (Å²) in [6, 6.07) is 80.5. The number of rotatable bonds is 9. The molecule has 0 saturated heterocycles. The van der Waals surface area contributed by atoms with Crippen LogP contribution in [0.2, 0.25) is 0 Å². The first-order valence-corrected chi connectivity index (χ1v) is 34.0. The zero-order valence-corrected chi connectivity index (χ0v) is 54.2. The Labute approximate surface area is 578 Å². The highest BCUT2D eigenvalue weighted by Gasteiger charge is 2.45. The summed E-state index contributed by atoms with van der Waals surface area (Å²) in [6.45, 7) is -1.02. The number of hydrogen-bond donors (Lipinski definition) is 0. The van der Waals surface area contributed by atoms with Crippen LogP contribution in [0.4, 0.5) is 0 Å². The Hall–Kier alpha value is -9.88. The predicted molar refractivity (Wildman–Crippen MR) is 394 cm³/mol. The second kappa shape index (κ2) is 22.1. The van der Waals surface area contributed by atoms with E-state index in [2.05, 4.69) is 159 Å². The number of imidazole rings is 1. The van der Waals surface area contributed by atoms with Crippen LogP contribution < -0.4 is 30.1 Å². The fraction of sp³-hybridized carbons (Fsp3) is 0.205. The van der Waals surface area contributed by atoms with Gasteiger partial charge in [-0.05, 0) is 172 Å². The van der Waals surface area contributed by atoms with Crippen molar-refractivity contribution in [2.24, 2.45) is 16.7 Å². The third kappa shape index (κ3) is 9.69. The third-order valence-electron chi connectivity index (χ3n) is 19.2. The first-order valence-electron chi connectivity index (χ1n) is 40.8. The molecule has 5 nitrogen and oxygen atoms in total. The van der Waals surface area contributed by atoms with E-state index < -0.39 is 100 Å². The number of pyridine rings is 1. The molecule has 0 amide bonds. The topological polar surface area (TPSA) is 35.9 Å². The Kier molecular flexibility index (Phi) is 10.1. The van der Waals surface area contributed by atoms with Crippen LogP contribution >= 0.6 is 0 Å². The van der Waals surface area contributed by atoms with E-state index in [1.165, 1.54) is 20.7 Å². The van der Waals surface area contributed by atoms with Gasteiger partial charge in [0.1, 0.15) is 17.3 Å². The predicted octanol–water partition coefficient (Wildman–Crippen LogP) is 19.5. The highest BCUT2D eigenvalue weighted by molar-refractivity contribution is 7.20.